The number of anilines is 2. The molecule has 0 bridgehead atoms. The molecule has 0 fully saturated rings. The number of carbonyl (C=O) groups excluding carboxylic acids is 1. The summed E-state index contributed by atoms with van der Waals surface area (Å²) in [7, 11) is 0. The predicted octanol–water partition coefficient (Wildman–Crippen LogP) is 6.75. The van der Waals surface area contributed by atoms with E-state index in [4.69, 9.17) is 0 Å². The maximum Gasteiger partial charge on any atom is 0.416 e. The topological polar surface area (TPSA) is 46.1 Å². The van der Waals surface area contributed by atoms with Crippen LogP contribution in [0.5, 0.6) is 0 Å². The van der Waals surface area contributed by atoms with Crippen molar-refractivity contribution in [1.82, 2.24) is 9.97 Å². The van der Waals surface area contributed by atoms with Crippen molar-refractivity contribution in [2.75, 3.05) is 4.90 Å². The monoisotopic (exact) mass is 465 g/mol. The number of halogens is 3. The Balaban J connectivity index is 1.54. The van der Waals surface area contributed by atoms with Gasteiger partial charge in [-0.3, -0.25) is 9.69 Å². The van der Waals surface area contributed by atoms with Gasteiger partial charge in [0.2, 0.25) is 5.91 Å². The Morgan fingerprint density at radius 2 is 1.93 bits per heavy atom. The molecule has 154 valence electrons. The first-order valence-corrected chi connectivity index (χ1v) is 11.4. The van der Waals surface area contributed by atoms with Crippen LogP contribution in [0.1, 0.15) is 18.2 Å². The molecule has 0 N–H and O–H groups in total. The second-order valence-corrected chi connectivity index (χ2v) is 9.35. The molecule has 0 unspecified atom stereocenters. The van der Waals surface area contributed by atoms with E-state index >= 15 is 0 Å². The van der Waals surface area contributed by atoms with Crippen LogP contribution in [-0.4, -0.2) is 15.9 Å². The van der Waals surface area contributed by atoms with Crippen LogP contribution in [-0.2, 0) is 16.7 Å². The quantitative estimate of drug-likeness (QED) is 0.306. The van der Waals surface area contributed by atoms with Gasteiger partial charge in [-0.05, 0) is 30.3 Å². The zero-order chi connectivity index (χ0) is 21.3. The van der Waals surface area contributed by atoms with Gasteiger partial charge in [-0.2, -0.15) is 13.2 Å². The van der Waals surface area contributed by atoms with Gasteiger partial charge in [0.05, 0.1) is 27.2 Å². The number of hydrogen-bond acceptors (Lipinski definition) is 6. The summed E-state index contributed by atoms with van der Waals surface area (Å²) in [5.41, 5.74) is 1.00. The number of rotatable bonds is 5. The molecule has 30 heavy (non-hydrogen) atoms. The molecule has 0 saturated heterocycles. The van der Waals surface area contributed by atoms with Crippen LogP contribution < -0.4 is 4.90 Å². The molecule has 0 saturated carbocycles. The molecule has 0 aliphatic rings. The molecule has 0 aliphatic carbocycles. The largest absolute Gasteiger partial charge is 0.416 e. The molecule has 4 rings (SSSR count). The molecule has 2 aromatic carbocycles. The van der Waals surface area contributed by atoms with Gasteiger partial charge in [0.15, 0.2) is 9.47 Å². The lowest BCUT2D eigenvalue weighted by molar-refractivity contribution is -0.137. The highest BCUT2D eigenvalue weighted by Gasteiger charge is 2.31. The van der Waals surface area contributed by atoms with Gasteiger partial charge < -0.3 is 0 Å². The van der Waals surface area contributed by atoms with Gasteiger partial charge in [-0.25, -0.2) is 9.97 Å². The normalized spacial score (nSPS) is 11.7. The van der Waals surface area contributed by atoms with E-state index < -0.39 is 17.6 Å². The van der Waals surface area contributed by atoms with Gasteiger partial charge >= 0.3 is 6.18 Å². The summed E-state index contributed by atoms with van der Waals surface area (Å²) >= 11 is 4.34. The SMILES string of the molecule is CC(=O)N(c1cccc(C(F)(F)F)c1)c1nc(CSc2nc3ccccc3s2)cs1. The summed E-state index contributed by atoms with van der Waals surface area (Å²) in [4.78, 5) is 22.4. The highest BCUT2D eigenvalue weighted by molar-refractivity contribution is 8.00. The van der Waals surface area contributed by atoms with Crippen molar-refractivity contribution >= 4 is 61.4 Å². The van der Waals surface area contributed by atoms with Gasteiger partial charge in [-0.15, -0.1) is 22.7 Å². The molecule has 0 spiro atoms. The maximum atomic E-state index is 13.1. The lowest BCUT2D eigenvalue weighted by Crippen LogP contribution is -2.23. The van der Waals surface area contributed by atoms with Crippen molar-refractivity contribution < 1.29 is 18.0 Å². The Kier molecular flexibility index (Phi) is 5.81. The van der Waals surface area contributed by atoms with Gasteiger partial charge in [0.1, 0.15) is 0 Å². The minimum absolute atomic E-state index is 0.136. The number of carbonyl (C=O) groups is 1. The summed E-state index contributed by atoms with van der Waals surface area (Å²) in [6, 6.07) is 12.6. The van der Waals surface area contributed by atoms with Crippen molar-refractivity contribution in [1.29, 1.82) is 0 Å². The van der Waals surface area contributed by atoms with E-state index in [2.05, 4.69) is 9.97 Å². The van der Waals surface area contributed by atoms with Crippen molar-refractivity contribution in [3.05, 3.63) is 65.2 Å². The lowest BCUT2D eigenvalue weighted by Gasteiger charge is -2.19. The number of amides is 1. The molecule has 2 heterocycles. The Morgan fingerprint density at radius 3 is 2.67 bits per heavy atom. The number of para-hydroxylation sites is 1. The minimum atomic E-state index is -4.49. The van der Waals surface area contributed by atoms with Crippen LogP contribution in [0.3, 0.4) is 0 Å². The number of benzene rings is 2. The van der Waals surface area contributed by atoms with Crippen molar-refractivity contribution in [3.8, 4) is 0 Å². The molecule has 1 amide bonds. The maximum absolute atomic E-state index is 13.1. The molecule has 10 heteroatoms. The van der Waals surface area contributed by atoms with Crippen molar-refractivity contribution in [2.24, 2.45) is 0 Å². The van der Waals surface area contributed by atoms with Crippen LogP contribution >= 0.6 is 34.4 Å². The average Bonchev–Trinajstić information content (AvgIpc) is 3.32. The van der Waals surface area contributed by atoms with Crippen molar-refractivity contribution in [2.45, 2.75) is 23.2 Å². The van der Waals surface area contributed by atoms with E-state index in [0.29, 0.717) is 10.9 Å². The van der Waals surface area contributed by atoms with E-state index in [1.165, 1.54) is 47.1 Å². The molecule has 4 nitrogen and oxygen atoms in total. The number of alkyl halides is 3. The molecule has 0 aliphatic heterocycles. The third kappa shape index (κ3) is 4.50. The first-order valence-electron chi connectivity index (χ1n) is 8.72. The van der Waals surface area contributed by atoms with Crippen LogP contribution in [0.2, 0.25) is 0 Å². The highest BCUT2D eigenvalue weighted by atomic mass is 32.2. The number of fused-ring (bicyclic) bond motifs is 1. The second kappa shape index (κ2) is 8.37. The third-order valence-electron chi connectivity index (χ3n) is 4.10. The molecule has 0 atom stereocenters. The number of aromatic nitrogens is 2. The summed E-state index contributed by atoms with van der Waals surface area (Å²) < 4.78 is 41.2. The minimum Gasteiger partial charge on any atom is -0.274 e. The number of thioether (sulfide) groups is 1. The summed E-state index contributed by atoms with van der Waals surface area (Å²) in [5.74, 6) is 0.138. The number of hydrogen-bond donors (Lipinski definition) is 0. The first kappa shape index (κ1) is 20.8. The first-order chi connectivity index (χ1) is 14.3. The van der Waals surface area contributed by atoms with E-state index in [9.17, 15) is 18.0 Å². The average molecular weight is 466 g/mol. The van der Waals surface area contributed by atoms with E-state index in [0.717, 1.165) is 32.4 Å². The van der Waals surface area contributed by atoms with E-state index in [1.807, 2.05) is 24.3 Å². The molecule has 0 radical (unpaired) electrons. The van der Waals surface area contributed by atoms with Gasteiger partial charge in [0.25, 0.3) is 0 Å². The van der Waals surface area contributed by atoms with Crippen LogP contribution in [0.25, 0.3) is 10.2 Å². The van der Waals surface area contributed by atoms with E-state index in [1.54, 1.807) is 16.7 Å². The molecule has 2 aromatic heterocycles. The number of nitrogens with zero attached hydrogens (tertiary/aromatic N) is 3. The predicted molar refractivity (Wildman–Crippen MR) is 116 cm³/mol. The fourth-order valence-electron chi connectivity index (χ4n) is 2.76. The third-order valence-corrected chi connectivity index (χ3v) is 7.18. The molecular formula is C20H14F3N3OS3. The van der Waals surface area contributed by atoms with E-state index in [-0.39, 0.29) is 5.69 Å². The summed E-state index contributed by atoms with van der Waals surface area (Å²) in [6.07, 6.45) is -4.49. The zero-order valence-corrected chi connectivity index (χ0v) is 18.0. The Labute approximate surface area is 182 Å². The summed E-state index contributed by atoms with van der Waals surface area (Å²) in [5, 5.41) is 2.14. The Bertz CT molecular complexity index is 1170. The standard InChI is InChI=1S/C20H14F3N3OS3/c1-12(27)26(15-6-4-5-13(9-15)20(21,22)23)18-24-14(10-28-18)11-29-19-25-16-7-2-3-8-17(16)30-19/h2-10H,11H2,1H3. The second-order valence-electron chi connectivity index (χ2n) is 6.26. The molecular weight excluding hydrogens is 451 g/mol. The Morgan fingerprint density at radius 1 is 1.13 bits per heavy atom. The fraction of sp³-hybridized carbons (Fsp3) is 0.150. The zero-order valence-electron chi connectivity index (χ0n) is 15.5. The Hall–Kier alpha value is -2.43. The van der Waals surface area contributed by atoms with Crippen LogP contribution in [0, 0.1) is 0 Å². The fourth-order valence-corrected chi connectivity index (χ4v) is 5.72. The van der Waals surface area contributed by atoms with Gasteiger partial charge in [-0.1, -0.05) is 30.0 Å². The lowest BCUT2D eigenvalue weighted by atomic mass is 10.2. The summed E-state index contributed by atoms with van der Waals surface area (Å²) in [6.45, 7) is 1.30. The van der Waals surface area contributed by atoms with Crippen molar-refractivity contribution in [3.63, 3.8) is 0 Å². The highest BCUT2D eigenvalue weighted by Crippen LogP contribution is 2.36. The van der Waals surface area contributed by atoms with Crippen LogP contribution in [0.4, 0.5) is 24.0 Å². The van der Waals surface area contributed by atoms with Crippen LogP contribution in [0.15, 0.2) is 58.3 Å². The van der Waals surface area contributed by atoms with Gasteiger partial charge in [0, 0.05) is 18.1 Å². The number of thiazole rings is 2. The molecule has 4 aromatic rings. The smallest absolute Gasteiger partial charge is 0.274 e.